The van der Waals surface area contributed by atoms with E-state index in [1.165, 1.54) is 29.8 Å². The number of aliphatic hydroxyl groups is 1. The molecule has 1 aromatic carbocycles. The van der Waals surface area contributed by atoms with E-state index < -0.39 is 6.10 Å². The van der Waals surface area contributed by atoms with Gasteiger partial charge in [0, 0.05) is 5.69 Å². The van der Waals surface area contributed by atoms with E-state index in [4.69, 9.17) is 0 Å². The van der Waals surface area contributed by atoms with E-state index in [2.05, 4.69) is 16.5 Å². The molecule has 1 unspecified atom stereocenters. The van der Waals surface area contributed by atoms with Gasteiger partial charge in [-0.15, -0.1) is 0 Å². The van der Waals surface area contributed by atoms with E-state index >= 15 is 0 Å². The van der Waals surface area contributed by atoms with Gasteiger partial charge in [0.1, 0.15) is 0 Å². The third-order valence-corrected chi connectivity index (χ3v) is 3.94. The van der Waals surface area contributed by atoms with Crippen molar-refractivity contribution in [3.05, 3.63) is 53.1 Å². The fourth-order valence-corrected chi connectivity index (χ4v) is 2.77. The molecule has 2 aromatic rings. The molecule has 1 heterocycles. The minimum Gasteiger partial charge on any atom is -0.387 e. The van der Waals surface area contributed by atoms with Crippen LogP contribution in [0.1, 0.15) is 41.5 Å². The highest BCUT2D eigenvalue weighted by Gasteiger charge is 2.17. The Bertz CT molecular complexity index is 557. The minimum absolute atomic E-state index is 0.458. The lowest BCUT2D eigenvalue weighted by molar-refractivity contribution is 0.155. The summed E-state index contributed by atoms with van der Waals surface area (Å²) >= 11 is 0. The maximum atomic E-state index is 10.3. The number of hydrogen-bond donors (Lipinski definition) is 1. The summed E-state index contributed by atoms with van der Waals surface area (Å²) in [5.74, 6) is 0. The zero-order valence-corrected chi connectivity index (χ0v) is 11.3. The Morgan fingerprint density at radius 1 is 1.21 bits per heavy atom. The molecule has 3 heteroatoms. The van der Waals surface area contributed by atoms with Crippen molar-refractivity contribution < 1.29 is 5.11 Å². The van der Waals surface area contributed by atoms with Gasteiger partial charge in [-0.2, -0.15) is 0 Å². The molecule has 0 fully saturated rings. The van der Waals surface area contributed by atoms with Crippen LogP contribution in [0.15, 0.2) is 30.6 Å². The summed E-state index contributed by atoms with van der Waals surface area (Å²) < 4.78 is 2.12. The van der Waals surface area contributed by atoms with Crippen LogP contribution < -0.4 is 0 Å². The second-order valence-electron chi connectivity index (χ2n) is 5.42. The number of rotatable bonds is 3. The molecule has 0 amide bonds. The standard InChI is InChI=1S/C16H20N2O/c1-12-6-8-13(9-7-12)16(19)10-18-11-17-14-4-2-3-5-15(14)18/h6-9,11,16,19H,2-5,10H2,1H3. The Kier molecular flexibility index (Phi) is 3.38. The van der Waals surface area contributed by atoms with E-state index in [1.54, 1.807) is 0 Å². The van der Waals surface area contributed by atoms with Crippen molar-refractivity contribution >= 4 is 0 Å². The van der Waals surface area contributed by atoms with Crippen molar-refractivity contribution in [2.24, 2.45) is 0 Å². The van der Waals surface area contributed by atoms with Crippen LogP contribution >= 0.6 is 0 Å². The van der Waals surface area contributed by atoms with Crippen LogP contribution in [0.3, 0.4) is 0 Å². The van der Waals surface area contributed by atoms with Crippen LogP contribution in [0, 0.1) is 6.92 Å². The van der Waals surface area contributed by atoms with Crippen molar-refractivity contribution in [1.29, 1.82) is 0 Å². The van der Waals surface area contributed by atoms with Gasteiger partial charge in [-0.25, -0.2) is 4.98 Å². The van der Waals surface area contributed by atoms with Crippen molar-refractivity contribution in [3.8, 4) is 0 Å². The van der Waals surface area contributed by atoms with Gasteiger partial charge < -0.3 is 9.67 Å². The molecule has 3 rings (SSSR count). The summed E-state index contributed by atoms with van der Waals surface area (Å²) in [7, 11) is 0. The molecule has 100 valence electrons. The largest absolute Gasteiger partial charge is 0.387 e. The molecule has 0 spiro atoms. The smallest absolute Gasteiger partial charge is 0.0969 e. The molecule has 0 saturated carbocycles. The van der Waals surface area contributed by atoms with Crippen LogP contribution in [0.2, 0.25) is 0 Å². The zero-order chi connectivity index (χ0) is 13.2. The number of benzene rings is 1. The predicted molar refractivity (Wildman–Crippen MR) is 75.0 cm³/mol. The molecule has 1 aliphatic rings. The van der Waals surface area contributed by atoms with Crippen LogP contribution in [0.4, 0.5) is 0 Å². The minimum atomic E-state index is -0.458. The van der Waals surface area contributed by atoms with E-state index in [0.717, 1.165) is 18.4 Å². The SMILES string of the molecule is Cc1ccc(C(O)Cn2cnc3c2CCCC3)cc1. The first kappa shape index (κ1) is 12.4. The molecule has 0 radical (unpaired) electrons. The first-order valence-corrected chi connectivity index (χ1v) is 7.01. The number of nitrogens with zero attached hydrogens (tertiary/aromatic N) is 2. The van der Waals surface area contributed by atoms with Crippen LogP contribution in [-0.2, 0) is 19.4 Å². The van der Waals surface area contributed by atoms with E-state index in [1.807, 2.05) is 30.6 Å². The van der Waals surface area contributed by atoms with E-state index in [-0.39, 0.29) is 0 Å². The monoisotopic (exact) mass is 256 g/mol. The zero-order valence-electron chi connectivity index (χ0n) is 11.3. The highest BCUT2D eigenvalue weighted by molar-refractivity contribution is 5.23. The first-order valence-electron chi connectivity index (χ1n) is 7.01. The summed E-state index contributed by atoms with van der Waals surface area (Å²) in [6.45, 7) is 2.66. The van der Waals surface area contributed by atoms with Gasteiger partial charge in [-0.1, -0.05) is 29.8 Å². The molecule has 1 atom stereocenters. The average Bonchev–Trinajstić information content (AvgIpc) is 2.83. The molecular formula is C16H20N2O. The van der Waals surface area contributed by atoms with Gasteiger partial charge in [0.15, 0.2) is 0 Å². The maximum Gasteiger partial charge on any atom is 0.0969 e. The summed E-state index contributed by atoms with van der Waals surface area (Å²) in [5.41, 5.74) is 4.74. The fraction of sp³-hybridized carbons (Fsp3) is 0.438. The van der Waals surface area contributed by atoms with Crippen LogP contribution in [0.25, 0.3) is 0 Å². The van der Waals surface area contributed by atoms with Crippen molar-refractivity contribution in [1.82, 2.24) is 9.55 Å². The fourth-order valence-electron chi connectivity index (χ4n) is 2.77. The summed E-state index contributed by atoms with van der Waals surface area (Å²) in [5, 5.41) is 10.3. The number of fused-ring (bicyclic) bond motifs is 1. The topological polar surface area (TPSA) is 38.0 Å². The number of aromatic nitrogens is 2. The predicted octanol–water partition coefficient (Wildman–Crippen LogP) is 2.80. The normalized spacial score (nSPS) is 16.1. The van der Waals surface area contributed by atoms with Crippen molar-refractivity contribution in [3.63, 3.8) is 0 Å². The molecule has 1 aromatic heterocycles. The average molecular weight is 256 g/mol. The Morgan fingerprint density at radius 3 is 2.74 bits per heavy atom. The van der Waals surface area contributed by atoms with Crippen molar-refractivity contribution in [2.75, 3.05) is 0 Å². The highest BCUT2D eigenvalue weighted by atomic mass is 16.3. The number of imidazole rings is 1. The Labute approximate surface area is 113 Å². The third kappa shape index (κ3) is 2.56. The van der Waals surface area contributed by atoms with Gasteiger partial charge in [0.25, 0.3) is 0 Å². The number of aliphatic hydroxyl groups excluding tert-OH is 1. The molecule has 1 N–H and O–H groups in total. The summed E-state index contributed by atoms with van der Waals surface area (Å²) in [6.07, 6.45) is 6.08. The number of hydrogen-bond acceptors (Lipinski definition) is 2. The lowest BCUT2D eigenvalue weighted by Gasteiger charge is -2.17. The molecule has 3 nitrogen and oxygen atoms in total. The van der Waals surface area contributed by atoms with Gasteiger partial charge >= 0.3 is 0 Å². The van der Waals surface area contributed by atoms with Crippen LogP contribution in [0.5, 0.6) is 0 Å². The molecule has 19 heavy (non-hydrogen) atoms. The lowest BCUT2D eigenvalue weighted by Crippen LogP contribution is -2.13. The lowest BCUT2D eigenvalue weighted by atomic mass is 10.0. The molecular weight excluding hydrogens is 236 g/mol. The first-order chi connectivity index (χ1) is 9.24. The molecule has 0 aliphatic heterocycles. The Balaban J connectivity index is 1.77. The van der Waals surface area contributed by atoms with E-state index in [0.29, 0.717) is 6.54 Å². The summed E-state index contributed by atoms with van der Waals surface area (Å²) in [6, 6.07) is 8.09. The Morgan fingerprint density at radius 2 is 1.95 bits per heavy atom. The second-order valence-corrected chi connectivity index (χ2v) is 5.42. The third-order valence-electron chi connectivity index (χ3n) is 3.94. The number of aryl methyl sites for hydroxylation is 2. The molecule has 0 saturated heterocycles. The Hall–Kier alpha value is -1.61. The molecule has 1 aliphatic carbocycles. The van der Waals surface area contributed by atoms with Gasteiger partial charge in [0.05, 0.1) is 24.7 Å². The van der Waals surface area contributed by atoms with E-state index in [9.17, 15) is 5.11 Å². The van der Waals surface area contributed by atoms with Gasteiger partial charge in [-0.3, -0.25) is 0 Å². The summed E-state index contributed by atoms with van der Waals surface area (Å²) in [4.78, 5) is 4.47. The van der Waals surface area contributed by atoms with Gasteiger partial charge in [0.2, 0.25) is 0 Å². The highest BCUT2D eigenvalue weighted by Crippen LogP contribution is 2.23. The maximum absolute atomic E-state index is 10.3. The van der Waals surface area contributed by atoms with Gasteiger partial charge in [-0.05, 0) is 38.2 Å². The second kappa shape index (κ2) is 5.17. The quantitative estimate of drug-likeness (QED) is 0.917. The molecule has 0 bridgehead atoms. The van der Waals surface area contributed by atoms with Crippen LogP contribution in [-0.4, -0.2) is 14.7 Å². The van der Waals surface area contributed by atoms with Crippen molar-refractivity contribution in [2.45, 2.75) is 45.3 Å².